The molecule has 0 bridgehead atoms. The number of esters is 2. The van der Waals surface area contributed by atoms with Crippen molar-refractivity contribution in [3.8, 4) is 0 Å². The van der Waals surface area contributed by atoms with Crippen molar-refractivity contribution in [2.24, 2.45) is 0 Å². The van der Waals surface area contributed by atoms with Gasteiger partial charge in [-0.3, -0.25) is 4.79 Å². The number of rotatable bonds is 8. The molecular weight excluding hydrogens is 568 g/mol. The smallest absolute Gasteiger partial charge is 0.346 e. The highest BCUT2D eigenvalue weighted by Crippen LogP contribution is 2.40. The van der Waals surface area contributed by atoms with Gasteiger partial charge in [-0.15, -0.1) is 11.8 Å². The van der Waals surface area contributed by atoms with Crippen LogP contribution in [-0.2, 0) is 20.8 Å². The molecule has 4 N–H and O–H groups in total. The summed E-state index contributed by atoms with van der Waals surface area (Å²) < 4.78 is 17.5. The molecule has 3 atom stereocenters. The third-order valence-electron chi connectivity index (χ3n) is 7.28. The van der Waals surface area contributed by atoms with E-state index in [0.29, 0.717) is 29.1 Å². The fraction of sp³-hybridized carbons (Fsp3) is 0.182. The van der Waals surface area contributed by atoms with Gasteiger partial charge in [-0.2, -0.15) is 0 Å². The van der Waals surface area contributed by atoms with Crippen LogP contribution in [-0.4, -0.2) is 34.8 Å². The van der Waals surface area contributed by atoms with Crippen molar-refractivity contribution in [2.75, 3.05) is 16.8 Å². The summed E-state index contributed by atoms with van der Waals surface area (Å²) in [4.78, 5) is 37.7. The average Bonchev–Trinajstić information content (AvgIpc) is 3.32. The second kappa shape index (κ2) is 12.4. The Hall–Kier alpha value is -4.48. The van der Waals surface area contributed by atoms with E-state index in [0.717, 1.165) is 16.0 Å². The number of nitrogen functional groups attached to an aromatic ring is 1. The minimum Gasteiger partial charge on any atom is -0.398 e. The number of carbonyl (C=O) groups excluding carboxylic acids is 3. The van der Waals surface area contributed by atoms with Crippen LogP contribution >= 0.6 is 11.8 Å². The number of ether oxygens (including phenoxy) is 3. The normalized spacial score (nSPS) is 19.5. The molecule has 10 heteroatoms. The maximum Gasteiger partial charge on any atom is 0.346 e. The molecule has 0 aromatic heterocycles. The Morgan fingerprint density at radius 1 is 0.884 bits per heavy atom. The van der Waals surface area contributed by atoms with Crippen LogP contribution in [0.3, 0.4) is 0 Å². The van der Waals surface area contributed by atoms with E-state index in [1.807, 2.05) is 54.6 Å². The Kier molecular flexibility index (Phi) is 8.26. The van der Waals surface area contributed by atoms with Crippen molar-refractivity contribution < 1.29 is 33.7 Å². The Balaban J connectivity index is 1.21. The van der Waals surface area contributed by atoms with Crippen LogP contribution in [0.2, 0.25) is 0 Å². The van der Waals surface area contributed by atoms with E-state index in [1.54, 1.807) is 30.0 Å². The highest BCUT2D eigenvalue weighted by Gasteiger charge is 2.33. The summed E-state index contributed by atoms with van der Waals surface area (Å²) in [6, 6.07) is 26.8. The molecule has 218 valence electrons. The van der Waals surface area contributed by atoms with Crippen molar-refractivity contribution in [1.82, 2.24) is 0 Å². The van der Waals surface area contributed by atoms with Gasteiger partial charge in [0.05, 0.1) is 29.9 Å². The summed E-state index contributed by atoms with van der Waals surface area (Å²) in [5, 5.41) is 12.3. The second-order valence-corrected chi connectivity index (χ2v) is 11.3. The Morgan fingerprint density at radius 3 is 2.47 bits per heavy atom. The fourth-order valence-electron chi connectivity index (χ4n) is 5.01. The zero-order valence-electron chi connectivity index (χ0n) is 22.9. The fourth-order valence-corrected chi connectivity index (χ4v) is 6.00. The lowest BCUT2D eigenvalue weighted by molar-refractivity contribution is -0.245. The third-order valence-corrected chi connectivity index (χ3v) is 8.50. The molecule has 4 aromatic rings. The first-order valence-electron chi connectivity index (χ1n) is 13.7. The summed E-state index contributed by atoms with van der Waals surface area (Å²) >= 11 is 1.62. The molecular formula is C33H28N2O7S. The first kappa shape index (κ1) is 28.6. The number of nitrogens with two attached hydrogens (primary N) is 1. The van der Waals surface area contributed by atoms with Crippen molar-refractivity contribution in [2.45, 2.75) is 36.4 Å². The summed E-state index contributed by atoms with van der Waals surface area (Å²) in [5.74, 6) is -1.29. The van der Waals surface area contributed by atoms with Gasteiger partial charge in [0.1, 0.15) is 0 Å². The first-order valence-corrected chi connectivity index (χ1v) is 14.7. The highest BCUT2D eigenvalue weighted by molar-refractivity contribution is 7.99. The minimum absolute atomic E-state index is 0.0402. The lowest BCUT2D eigenvalue weighted by Gasteiger charge is -2.36. The van der Waals surface area contributed by atoms with Gasteiger partial charge in [0.2, 0.25) is 0 Å². The molecule has 2 aliphatic heterocycles. The van der Waals surface area contributed by atoms with Gasteiger partial charge in [-0.05, 0) is 53.6 Å². The number of aliphatic hydroxyl groups is 1. The SMILES string of the molecule is Nc1ccccc1SC[C@@H]1C[C@H](c2ccc(CO)cc2)OC(c2cccc(NC(=O)c3ccc4c(c3)C(=O)OC4=O)c2)O1. The van der Waals surface area contributed by atoms with E-state index < -0.39 is 24.1 Å². The van der Waals surface area contributed by atoms with Gasteiger partial charge < -0.3 is 30.4 Å². The van der Waals surface area contributed by atoms with E-state index in [2.05, 4.69) is 10.1 Å². The van der Waals surface area contributed by atoms with Crippen molar-refractivity contribution >= 4 is 41.0 Å². The number of nitrogens with one attached hydrogen (secondary N) is 1. The second-order valence-electron chi connectivity index (χ2n) is 10.2. The van der Waals surface area contributed by atoms with Crippen LogP contribution in [0.1, 0.15) is 66.6 Å². The largest absolute Gasteiger partial charge is 0.398 e. The maximum absolute atomic E-state index is 13.0. The quantitative estimate of drug-likeness (QED) is 0.102. The third kappa shape index (κ3) is 6.32. The number of cyclic esters (lactones) is 2. The molecule has 1 saturated heterocycles. The molecule has 1 fully saturated rings. The number of para-hydroxylation sites is 1. The monoisotopic (exact) mass is 596 g/mol. The summed E-state index contributed by atoms with van der Waals surface area (Å²) in [5.41, 5.74) is 10.3. The van der Waals surface area contributed by atoms with E-state index in [4.69, 9.17) is 15.2 Å². The number of thioether (sulfide) groups is 1. The number of fused-ring (bicyclic) bond motifs is 1. The summed E-state index contributed by atoms with van der Waals surface area (Å²) in [6.45, 7) is -0.0402. The molecule has 2 aliphatic rings. The zero-order chi connectivity index (χ0) is 29.9. The molecule has 2 heterocycles. The predicted molar refractivity (Wildman–Crippen MR) is 161 cm³/mol. The topological polar surface area (TPSA) is 137 Å². The molecule has 0 radical (unpaired) electrons. The van der Waals surface area contributed by atoms with E-state index in [1.165, 1.54) is 18.2 Å². The molecule has 0 spiro atoms. The Labute approximate surface area is 252 Å². The van der Waals surface area contributed by atoms with E-state index in [9.17, 15) is 19.5 Å². The molecule has 9 nitrogen and oxygen atoms in total. The molecule has 43 heavy (non-hydrogen) atoms. The summed E-state index contributed by atoms with van der Waals surface area (Å²) in [7, 11) is 0. The van der Waals surface area contributed by atoms with Crippen molar-refractivity contribution in [1.29, 1.82) is 0 Å². The number of carbonyl (C=O) groups is 3. The molecule has 1 amide bonds. The highest BCUT2D eigenvalue weighted by atomic mass is 32.2. The molecule has 0 saturated carbocycles. The number of benzene rings is 4. The van der Waals surface area contributed by atoms with Crippen LogP contribution in [0.25, 0.3) is 0 Å². The lowest BCUT2D eigenvalue weighted by atomic mass is 10.0. The predicted octanol–water partition coefficient (Wildman–Crippen LogP) is 5.66. The van der Waals surface area contributed by atoms with Gasteiger partial charge in [0.15, 0.2) is 6.29 Å². The number of anilines is 2. The van der Waals surface area contributed by atoms with Crippen LogP contribution in [0.4, 0.5) is 11.4 Å². The van der Waals surface area contributed by atoms with E-state index >= 15 is 0 Å². The van der Waals surface area contributed by atoms with Gasteiger partial charge in [-0.25, -0.2) is 9.59 Å². The minimum atomic E-state index is -0.772. The molecule has 0 aliphatic carbocycles. The maximum atomic E-state index is 13.0. The van der Waals surface area contributed by atoms with Crippen LogP contribution < -0.4 is 11.1 Å². The van der Waals surface area contributed by atoms with Crippen molar-refractivity contribution in [3.05, 3.63) is 124 Å². The average molecular weight is 597 g/mol. The van der Waals surface area contributed by atoms with Gasteiger partial charge >= 0.3 is 11.9 Å². The van der Waals surface area contributed by atoms with Crippen LogP contribution in [0, 0.1) is 0 Å². The molecule has 6 rings (SSSR count). The van der Waals surface area contributed by atoms with Crippen LogP contribution in [0.5, 0.6) is 0 Å². The Bertz CT molecular complexity index is 1690. The summed E-state index contributed by atoms with van der Waals surface area (Å²) in [6.07, 6.45) is -0.531. The van der Waals surface area contributed by atoms with E-state index in [-0.39, 0.29) is 35.5 Å². The number of hydrogen-bond acceptors (Lipinski definition) is 9. The van der Waals surface area contributed by atoms with Crippen LogP contribution in [0.15, 0.2) is 95.9 Å². The van der Waals surface area contributed by atoms with Crippen molar-refractivity contribution in [3.63, 3.8) is 0 Å². The number of amides is 1. The molecule has 1 unspecified atom stereocenters. The number of hydrogen-bond donors (Lipinski definition) is 3. The van der Waals surface area contributed by atoms with Gasteiger partial charge in [-0.1, -0.05) is 48.5 Å². The first-order chi connectivity index (χ1) is 20.9. The van der Waals surface area contributed by atoms with Gasteiger partial charge in [0.25, 0.3) is 5.91 Å². The lowest BCUT2D eigenvalue weighted by Crippen LogP contribution is -2.31. The zero-order valence-corrected chi connectivity index (χ0v) is 23.7. The number of aliphatic hydroxyl groups excluding tert-OH is 1. The standard InChI is InChI=1S/C33H28N2O7S/c34-27-6-1-2-7-29(27)43-18-24-16-28(20-10-8-19(17-36)9-11-20)41-33(40-24)22-4-3-5-23(14-22)35-30(37)21-12-13-25-26(15-21)32(39)42-31(25)38/h1-15,24,28,33,36H,16-18,34H2,(H,35,37)/t24-,28+,33?/m0/s1. The van der Waals surface area contributed by atoms with Gasteiger partial charge in [0, 0.05) is 39.6 Å². The Morgan fingerprint density at radius 2 is 1.67 bits per heavy atom. The molecule has 4 aromatic carbocycles.